The zero-order valence-corrected chi connectivity index (χ0v) is 27.8. The molecule has 0 radical (unpaired) electrons. The van der Waals surface area contributed by atoms with E-state index in [4.69, 9.17) is 16.3 Å². The fourth-order valence-corrected chi connectivity index (χ4v) is 9.03. The van der Waals surface area contributed by atoms with E-state index in [-0.39, 0.29) is 55.3 Å². The highest BCUT2D eigenvalue weighted by Crippen LogP contribution is 2.41. The van der Waals surface area contributed by atoms with Crippen LogP contribution in [0, 0.1) is 11.7 Å². The first kappa shape index (κ1) is 36.3. The molecule has 0 spiro atoms. The molecule has 3 aliphatic rings. The van der Waals surface area contributed by atoms with E-state index in [2.05, 4.69) is 10.6 Å². The van der Waals surface area contributed by atoms with E-state index < -0.39 is 64.0 Å². The second kappa shape index (κ2) is 14.9. The normalized spacial score (nSPS) is 26.9. The summed E-state index contributed by atoms with van der Waals surface area (Å²) >= 11 is 6.09. The van der Waals surface area contributed by atoms with Crippen molar-refractivity contribution in [1.82, 2.24) is 14.5 Å². The third-order valence-electron chi connectivity index (χ3n) is 9.63. The van der Waals surface area contributed by atoms with Crippen LogP contribution in [0.3, 0.4) is 0 Å². The minimum atomic E-state index is -4.57. The number of carbonyl (C=O) groups is 2. The van der Waals surface area contributed by atoms with Gasteiger partial charge in [0.1, 0.15) is 11.9 Å². The lowest BCUT2D eigenvalue weighted by Gasteiger charge is -2.40. The molecule has 0 aromatic heterocycles. The van der Waals surface area contributed by atoms with Crippen molar-refractivity contribution >= 4 is 39.3 Å². The summed E-state index contributed by atoms with van der Waals surface area (Å²) in [6.45, 7) is 0.348. The maximum atomic E-state index is 15.4. The Labute approximate surface area is 281 Å². The van der Waals surface area contributed by atoms with Crippen molar-refractivity contribution in [1.29, 1.82) is 0 Å². The summed E-state index contributed by atoms with van der Waals surface area (Å²) in [6.07, 6.45) is -6.77. The van der Waals surface area contributed by atoms with Gasteiger partial charge < -0.3 is 20.5 Å². The Morgan fingerprint density at radius 1 is 1.17 bits per heavy atom. The summed E-state index contributed by atoms with van der Waals surface area (Å²) in [4.78, 5) is 27.3. The molecule has 3 aliphatic heterocycles. The Balaban J connectivity index is 1.42. The number of halogens is 5. The van der Waals surface area contributed by atoms with E-state index in [0.29, 0.717) is 30.1 Å². The Kier molecular flexibility index (Phi) is 11.2. The molecule has 3 heterocycles. The highest BCUT2D eigenvalue weighted by atomic mass is 35.5. The van der Waals surface area contributed by atoms with Gasteiger partial charge in [-0.25, -0.2) is 17.6 Å². The number of hydrogen-bond acceptors (Lipinski definition) is 6. The van der Waals surface area contributed by atoms with E-state index in [1.54, 1.807) is 24.3 Å². The number of hydrogen-bond donors (Lipinski definition) is 3. The van der Waals surface area contributed by atoms with Crippen LogP contribution >= 0.6 is 11.6 Å². The standard InChI is InChI=1S/C32H39ClF4N4O6S/c1-40(31(43)44)29(28(19-7-10-21(33)11-8-19)20-9-14-27(47-18-20)32(35,36)37)30(42)39-26-6-2-5-25(34)24(26)13-12-23-16-38-22-4-3-15-48(45,46)41(23)17-22/h2,5-8,10-11,20,22-23,27-29,38H,3-4,9,12-18H2,1H3,(H,39,42)(H,43,44)/t20?,22-,23+,27?,28+,29+/m1/s1. The molecule has 0 aliphatic carbocycles. The van der Waals surface area contributed by atoms with Crippen LogP contribution in [0.1, 0.15) is 49.1 Å². The van der Waals surface area contributed by atoms with E-state index in [1.165, 1.54) is 29.6 Å². The summed E-state index contributed by atoms with van der Waals surface area (Å²) < 4.78 is 88.2. The molecule has 3 saturated heterocycles. The number of amides is 2. The SMILES string of the molecule is CN(C(=O)O)[C@H](C(=O)Nc1cccc(F)c1CC[C@H]1CN[C@@H]2CCCS(=O)(=O)N1C2)[C@@H](c1ccc(Cl)cc1)C1CCC(C(F)(F)F)OC1. The highest BCUT2D eigenvalue weighted by molar-refractivity contribution is 7.89. The van der Waals surface area contributed by atoms with Gasteiger partial charge in [0.05, 0.1) is 12.4 Å². The van der Waals surface area contributed by atoms with Crippen molar-refractivity contribution in [3.8, 4) is 0 Å². The number of ether oxygens (including phenoxy) is 1. The van der Waals surface area contributed by atoms with Gasteiger partial charge >= 0.3 is 12.3 Å². The third-order valence-corrected chi connectivity index (χ3v) is 11.9. The number of fused-ring (bicyclic) bond motifs is 2. The Morgan fingerprint density at radius 2 is 1.90 bits per heavy atom. The van der Waals surface area contributed by atoms with E-state index in [0.717, 1.165) is 11.3 Å². The number of nitrogens with zero attached hydrogens (tertiary/aromatic N) is 2. The van der Waals surface area contributed by atoms with Crippen LogP contribution in [0.5, 0.6) is 0 Å². The van der Waals surface area contributed by atoms with Crippen LogP contribution in [0.15, 0.2) is 42.5 Å². The first-order chi connectivity index (χ1) is 22.7. The van der Waals surface area contributed by atoms with E-state index in [1.807, 2.05) is 0 Å². The molecule has 3 N–H and O–H groups in total. The second-order valence-corrected chi connectivity index (χ2v) is 15.2. The van der Waals surface area contributed by atoms with Crippen LogP contribution in [0.4, 0.5) is 28.0 Å². The van der Waals surface area contributed by atoms with Crippen LogP contribution in [0.2, 0.25) is 5.02 Å². The Morgan fingerprint density at radius 3 is 2.54 bits per heavy atom. The minimum absolute atomic E-state index is 0.00435. The lowest BCUT2D eigenvalue weighted by atomic mass is 9.76. The molecule has 7 atom stereocenters. The van der Waals surface area contributed by atoms with Gasteiger partial charge in [0.15, 0.2) is 6.10 Å². The first-order valence-corrected chi connectivity index (χ1v) is 17.8. The molecule has 48 heavy (non-hydrogen) atoms. The fraction of sp³-hybridized carbons (Fsp3) is 0.562. The average Bonchev–Trinajstić information content (AvgIpc) is 3.15. The third kappa shape index (κ3) is 8.24. The van der Waals surface area contributed by atoms with Crippen LogP contribution in [0.25, 0.3) is 0 Å². The molecule has 2 aromatic carbocycles. The summed E-state index contributed by atoms with van der Waals surface area (Å²) in [5.74, 6) is -3.05. The summed E-state index contributed by atoms with van der Waals surface area (Å²) in [7, 11) is -2.30. The molecule has 2 aromatic rings. The van der Waals surface area contributed by atoms with Crippen molar-refractivity contribution in [3.63, 3.8) is 0 Å². The van der Waals surface area contributed by atoms with Crippen LogP contribution < -0.4 is 10.6 Å². The monoisotopic (exact) mass is 718 g/mol. The fourth-order valence-electron chi connectivity index (χ4n) is 7.10. The zero-order valence-electron chi connectivity index (χ0n) is 26.3. The molecule has 264 valence electrons. The van der Waals surface area contributed by atoms with Gasteiger partial charge in [0, 0.05) is 54.4 Å². The number of nitrogens with one attached hydrogen (secondary N) is 2. The second-order valence-electron chi connectivity index (χ2n) is 12.7. The molecule has 0 saturated carbocycles. The molecular formula is C32H39ClF4N4O6S. The van der Waals surface area contributed by atoms with Crippen molar-refractivity contribution in [2.45, 2.75) is 74.8 Å². The summed E-state index contributed by atoms with van der Waals surface area (Å²) in [6, 6.07) is 8.50. The van der Waals surface area contributed by atoms with Crippen molar-refractivity contribution in [2.75, 3.05) is 37.8 Å². The number of benzene rings is 2. The molecule has 16 heteroatoms. The van der Waals surface area contributed by atoms with Crippen LogP contribution in [-0.4, -0.2) is 97.6 Å². The van der Waals surface area contributed by atoms with Gasteiger partial charge in [-0.3, -0.25) is 9.69 Å². The molecule has 3 fully saturated rings. The number of carbonyl (C=O) groups excluding carboxylic acids is 1. The molecule has 2 amide bonds. The zero-order chi connectivity index (χ0) is 34.8. The smallest absolute Gasteiger partial charge is 0.414 e. The Hall–Kier alpha value is -2.98. The minimum Gasteiger partial charge on any atom is -0.465 e. The molecule has 5 rings (SSSR count). The number of carboxylic acid groups (broad SMARTS) is 1. The van der Waals surface area contributed by atoms with Crippen molar-refractivity contribution < 1.29 is 45.4 Å². The van der Waals surface area contributed by atoms with Crippen molar-refractivity contribution in [3.05, 3.63) is 64.4 Å². The van der Waals surface area contributed by atoms with Gasteiger partial charge in [0.2, 0.25) is 15.9 Å². The largest absolute Gasteiger partial charge is 0.465 e. The quantitative estimate of drug-likeness (QED) is 0.303. The highest BCUT2D eigenvalue weighted by Gasteiger charge is 2.47. The van der Waals surface area contributed by atoms with E-state index in [9.17, 15) is 36.3 Å². The Bertz CT molecular complexity index is 1570. The molecule has 2 bridgehead atoms. The molecule has 10 nitrogen and oxygen atoms in total. The van der Waals surface area contributed by atoms with Gasteiger partial charge in [-0.15, -0.1) is 0 Å². The topological polar surface area (TPSA) is 128 Å². The average molecular weight is 719 g/mol. The number of sulfonamides is 1. The van der Waals surface area contributed by atoms with Crippen LogP contribution in [-0.2, 0) is 26.0 Å². The van der Waals surface area contributed by atoms with Gasteiger partial charge in [-0.2, -0.15) is 17.5 Å². The maximum Gasteiger partial charge on any atom is 0.414 e. The van der Waals surface area contributed by atoms with Gasteiger partial charge in [-0.1, -0.05) is 29.8 Å². The number of likely N-dealkylation sites (N-methyl/N-ethyl adjacent to an activating group) is 1. The van der Waals surface area contributed by atoms with Gasteiger partial charge in [0.25, 0.3) is 0 Å². The maximum absolute atomic E-state index is 15.4. The lowest BCUT2D eigenvalue weighted by molar-refractivity contribution is -0.237. The summed E-state index contributed by atoms with van der Waals surface area (Å²) in [5.41, 5.74) is 0.665. The summed E-state index contributed by atoms with van der Waals surface area (Å²) in [5, 5.41) is 16.5. The molecule has 3 unspecified atom stereocenters. The number of rotatable bonds is 9. The lowest BCUT2D eigenvalue weighted by Crippen LogP contribution is -2.57. The van der Waals surface area contributed by atoms with E-state index >= 15 is 4.39 Å². The number of piperazine rings is 1. The predicted octanol–water partition coefficient (Wildman–Crippen LogP) is 5.24. The van der Waals surface area contributed by atoms with Crippen molar-refractivity contribution in [2.24, 2.45) is 5.92 Å². The number of alkyl halides is 3. The van der Waals surface area contributed by atoms with Gasteiger partial charge in [-0.05, 0) is 74.3 Å². The predicted molar refractivity (Wildman–Crippen MR) is 171 cm³/mol. The first-order valence-electron chi connectivity index (χ1n) is 15.9. The molecular weight excluding hydrogens is 680 g/mol. The number of anilines is 1.